The Labute approximate surface area is 170 Å². The molecule has 12 heteroatoms. The number of likely N-dealkylation sites (tertiary alicyclic amines) is 1. The molecule has 30 heavy (non-hydrogen) atoms. The van der Waals surface area contributed by atoms with Crippen LogP contribution in [0.3, 0.4) is 0 Å². The van der Waals surface area contributed by atoms with E-state index in [0.717, 1.165) is 23.5 Å². The summed E-state index contributed by atoms with van der Waals surface area (Å²) in [7, 11) is 0. The number of carbonyl (C=O) groups excluding carboxylic acids is 2. The minimum Gasteiger partial charge on any atom is -0.333 e. The van der Waals surface area contributed by atoms with Crippen molar-refractivity contribution in [3.05, 3.63) is 46.5 Å². The highest BCUT2D eigenvalue weighted by Gasteiger charge is 2.40. The Morgan fingerprint density at radius 3 is 2.63 bits per heavy atom. The number of alkyl halides is 6. The number of rotatable bonds is 5. The summed E-state index contributed by atoms with van der Waals surface area (Å²) in [6.07, 6.45) is -7.77. The van der Waals surface area contributed by atoms with E-state index in [1.54, 1.807) is 0 Å². The van der Waals surface area contributed by atoms with Crippen molar-refractivity contribution in [2.24, 2.45) is 5.92 Å². The zero-order valence-electron chi connectivity index (χ0n) is 15.2. The molecule has 0 bridgehead atoms. The minimum absolute atomic E-state index is 0.156. The smallest absolute Gasteiger partial charge is 0.333 e. The van der Waals surface area contributed by atoms with Crippen molar-refractivity contribution in [3.8, 4) is 0 Å². The lowest BCUT2D eigenvalue weighted by Gasteiger charge is -2.18. The maximum atomic E-state index is 12.8. The van der Waals surface area contributed by atoms with Gasteiger partial charge < -0.3 is 10.2 Å². The summed E-state index contributed by atoms with van der Waals surface area (Å²) < 4.78 is 75.8. The predicted molar refractivity (Wildman–Crippen MR) is 95.7 cm³/mol. The summed E-state index contributed by atoms with van der Waals surface area (Å²) in [5.41, 5.74) is -0.358. The van der Waals surface area contributed by atoms with Gasteiger partial charge in [0.05, 0.1) is 11.5 Å². The molecule has 1 fully saturated rings. The maximum Gasteiger partial charge on any atom is 0.416 e. The fourth-order valence-corrected chi connectivity index (χ4v) is 3.88. The van der Waals surface area contributed by atoms with Gasteiger partial charge in [-0.1, -0.05) is 18.2 Å². The second-order valence-corrected chi connectivity index (χ2v) is 7.90. The molecule has 2 heterocycles. The first-order valence-electron chi connectivity index (χ1n) is 8.67. The van der Waals surface area contributed by atoms with E-state index in [1.165, 1.54) is 18.3 Å². The Morgan fingerprint density at radius 2 is 1.97 bits per heavy atom. The first-order chi connectivity index (χ1) is 13.9. The van der Waals surface area contributed by atoms with Gasteiger partial charge >= 0.3 is 12.4 Å². The topological polar surface area (TPSA) is 62.3 Å². The lowest BCUT2D eigenvalue weighted by molar-refractivity contribution is -0.157. The third-order valence-corrected chi connectivity index (χ3v) is 5.28. The number of hydrogen-bond donors (Lipinski definition) is 1. The number of thiazole rings is 1. The highest BCUT2D eigenvalue weighted by Crippen LogP contribution is 2.31. The zero-order valence-corrected chi connectivity index (χ0v) is 16.0. The third kappa shape index (κ3) is 5.71. The van der Waals surface area contributed by atoms with E-state index in [-0.39, 0.29) is 24.5 Å². The van der Waals surface area contributed by atoms with Crippen LogP contribution in [0.2, 0.25) is 0 Å². The second kappa shape index (κ2) is 8.25. The average Bonchev–Trinajstić information content (AvgIpc) is 3.20. The van der Waals surface area contributed by atoms with Crippen LogP contribution in [0.1, 0.15) is 22.4 Å². The van der Waals surface area contributed by atoms with Gasteiger partial charge in [0.15, 0.2) is 5.13 Å². The van der Waals surface area contributed by atoms with Gasteiger partial charge in [-0.05, 0) is 11.6 Å². The highest BCUT2D eigenvalue weighted by atomic mass is 32.1. The number of nitrogens with one attached hydrogen (secondary N) is 1. The van der Waals surface area contributed by atoms with Gasteiger partial charge in [0, 0.05) is 30.5 Å². The van der Waals surface area contributed by atoms with Crippen molar-refractivity contribution in [1.82, 2.24) is 9.88 Å². The number of benzene rings is 1. The van der Waals surface area contributed by atoms with Crippen LogP contribution in [0.15, 0.2) is 30.5 Å². The van der Waals surface area contributed by atoms with Gasteiger partial charge in [0.25, 0.3) is 0 Å². The first kappa shape index (κ1) is 22.1. The molecule has 3 rings (SSSR count). The summed E-state index contributed by atoms with van der Waals surface area (Å²) >= 11 is 1.04. The average molecular weight is 451 g/mol. The summed E-state index contributed by atoms with van der Waals surface area (Å²) in [5.74, 6) is -2.32. The standard InChI is InChI=1S/C18H15F6N3O2S/c19-17(20,21)9-27-8-11(6-14(27)28)15(29)26-16-25-7-13(30-16)5-10-2-1-3-12(4-10)18(22,23)24/h1-4,7,11H,5-6,8-9H2,(H,25,26,29). The fraction of sp³-hybridized carbons (Fsp3) is 0.389. The van der Waals surface area contributed by atoms with Crippen LogP contribution in [0.25, 0.3) is 0 Å². The Balaban J connectivity index is 1.59. The number of hydrogen-bond acceptors (Lipinski definition) is 4. The van der Waals surface area contributed by atoms with Crippen LogP contribution < -0.4 is 5.32 Å². The van der Waals surface area contributed by atoms with Gasteiger partial charge in [0.1, 0.15) is 6.54 Å². The number of nitrogens with zero attached hydrogens (tertiary/aromatic N) is 2. The lowest BCUT2D eigenvalue weighted by Crippen LogP contribution is -2.36. The van der Waals surface area contributed by atoms with E-state index in [4.69, 9.17) is 0 Å². The summed E-state index contributed by atoms with van der Waals surface area (Å²) in [4.78, 5) is 29.1. The molecule has 162 valence electrons. The summed E-state index contributed by atoms with van der Waals surface area (Å²) in [5, 5.41) is 2.61. The van der Waals surface area contributed by atoms with Crippen molar-refractivity contribution in [1.29, 1.82) is 0 Å². The number of carbonyl (C=O) groups is 2. The normalized spacial score (nSPS) is 17.5. The lowest BCUT2D eigenvalue weighted by atomic mass is 10.1. The van der Waals surface area contributed by atoms with Gasteiger partial charge in [-0.2, -0.15) is 26.3 Å². The van der Waals surface area contributed by atoms with E-state index < -0.39 is 42.2 Å². The quantitative estimate of drug-likeness (QED) is 0.697. The molecule has 1 aromatic carbocycles. The van der Waals surface area contributed by atoms with E-state index in [2.05, 4.69) is 10.3 Å². The van der Waals surface area contributed by atoms with Gasteiger partial charge in [-0.3, -0.25) is 9.59 Å². The van der Waals surface area contributed by atoms with Crippen molar-refractivity contribution < 1.29 is 35.9 Å². The minimum atomic E-state index is -4.55. The molecule has 0 aliphatic carbocycles. The van der Waals surface area contributed by atoms with Crippen LogP contribution >= 0.6 is 11.3 Å². The Morgan fingerprint density at radius 1 is 1.23 bits per heavy atom. The Bertz CT molecular complexity index is 940. The van der Waals surface area contributed by atoms with Crippen LogP contribution in [-0.4, -0.2) is 41.0 Å². The van der Waals surface area contributed by atoms with Crippen molar-refractivity contribution in [2.75, 3.05) is 18.4 Å². The van der Waals surface area contributed by atoms with Crippen LogP contribution in [0.5, 0.6) is 0 Å². The maximum absolute atomic E-state index is 12.8. The van der Waals surface area contributed by atoms with Crippen molar-refractivity contribution >= 4 is 28.3 Å². The van der Waals surface area contributed by atoms with Gasteiger partial charge in [0.2, 0.25) is 11.8 Å². The molecule has 2 aromatic rings. The predicted octanol–water partition coefficient (Wildman–Crippen LogP) is 4.10. The summed E-state index contributed by atoms with van der Waals surface area (Å²) in [6.45, 7) is -1.75. The third-order valence-electron chi connectivity index (χ3n) is 4.37. The largest absolute Gasteiger partial charge is 0.416 e. The molecule has 1 atom stereocenters. The van der Waals surface area contributed by atoms with Gasteiger partial charge in [-0.25, -0.2) is 4.98 Å². The molecule has 1 aromatic heterocycles. The van der Waals surface area contributed by atoms with Crippen molar-refractivity contribution in [3.63, 3.8) is 0 Å². The molecule has 2 amide bonds. The molecule has 0 spiro atoms. The number of halogens is 6. The molecular weight excluding hydrogens is 436 g/mol. The molecule has 1 saturated heterocycles. The molecule has 1 unspecified atom stereocenters. The fourth-order valence-electron chi connectivity index (χ4n) is 3.03. The molecule has 5 nitrogen and oxygen atoms in total. The molecule has 1 aliphatic heterocycles. The number of anilines is 1. The number of amides is 2. The van der Waals surface area contributed by atoms with E-state index in [9.17, 15) is 35.9 Å². The monoisotopic (exact) mass is 451 g/mol. The van der Waals surface area contributed by atoms with Crippen LogP contribution in [0, 0.1) is 5.92 Å². The van der Waals surface area contributed by atoms with Crippen LogP contribution in [0.4, 0.5) is 31.5 Å². The Hall–Kier alpha value is -2.63. The van der Waals surface area contributed by atoms with E-state index in [1.807, 2.05) is 0 Å². The van der Waals surface area contributed by atoms with E-state index >= 15 is 0 Å². The Kier molecular flexibility index (Phi) is 6.06. The van der Waals surface area contributed by atoms with Gasteiger partial charge in [-0.15, -0.1) is 11.3 Å². The zero-order chi connectivity index (χ0) is 22.1. The molecule has 1 N–H and O–H groups in total. The molecule has 1 aliphatic rings. The first-order valence-corrected chi connectivity index (χ1v) is 9.48. The summed E-state index contributed by atoms with van der Waals surface area (Å²) in [6, 6.07) is 4.82. The SMILES string of the molecule is O=C(Nc1ncc(Cc2cccc(C(F)(F)F)c2)s1)C1CC(=O)N(CC(F)(F)F)C1. The van der Waals surface area contributed by atoms with Crippen LogP contribution in [-0.2, 0) is 22.2 Å². The second-order valence-electron chi connectivity index (χ2n) is 6.79. The van der Waals surface area contributed by atoms with Crippen molar-refractivity contribution in [2.45, 2.75) is 25.2 Å². The molecule has 0 radical (unpaired) electrons. The molecular formula is C18H15F6N3O2S. The number of aromatic nitrogens is 1. The highest BCUT2D eigenvalue weighted by molar-refractivity contribution is 7.15. The molecule has 0 saturated carbocycles. The van der Waals surface area contributed by atoms with E-state index in [0.29, 0.717) is 15.3 Å².